The smallest absolute Gasteiger partial charge is 0.150 e. The van der Waals surface area contributed by atoms with E-state index >= 15 is 0 Å². The second-order valence-electron chi connectivity index (χ2n) is 7.23. The SMILES string of the molecule is CCCN(Cc1ccccc1)C1=CC2CN2Nc2c1ncn2C(C)C. The van der Waals surface area contributed by atoms with E-state index in [0.29, 0.717) is 12.1 Å². The van der Waals surface area contributed by atoms with E-state index in [9.17, 15) is 0 Å². The summed E-state index contributed by atoms with van der Waals surface area (Å²) < 4.78 is 2.23. The van der Waals surface area contributed by atoms with E-state index in [1.807, 2.05) is 6.33 Å². The Balaban J connectivity index is 1.71. The van der Waals surface area contributed by atoms with Crippen LogP contribution in [0.15, 0.2) is 42.7 Å². The van der Waals surface area contributed by atoms with Crippen LogP contribution in [0.3, 0.4) is 0 Å². The maximum atomic E-state index is 4.78. The van der Waals surface area contributed by atoms with E-state index in [1.54, 1.807) is 0 Å². The van der Waals surface area contributed by atoms with Gasteiger partial charge in [0.1, 0.15) is 5.69 Å². The predicted octanol–water partition coefficient (Wildman–Crippen LogP) is 3.74. The van der Waals surface area contributed by atoms with Gasteiger partial charge in [0.25, 0.3) is 0 Å². The topological polar surface area (TPSA) is 36.1 Å². The van der Waals surface area contributed by atoms with Crippen LogP contribution in [0.1, 0.15) is 44.5 Å². The Labute approximate surface area is 149 Å². The number of nitrogens with zero attached hydrogens (tertiary/aromatic N) is 4. The summed E-state index contributed by atoms with van der Waals surface area (Å²) in [7, 11) is 0. The molecule has 132 valence electrons. The number of fused-ring (bicyclic) bond motifs is 2. The molecule has 1 fully saturated rings. The molecule has 1 saturated heterocycles. The summed E-state index contributed by atoms with van der Waals surface area (Å²) in [6, 6.07) is 11.6. The normalized spacial score (nSPS) is 21.0. The fraction of sp³-hybridized carbons (Fsp3) is 0.450. The van der Waals surface area contributed by atoms with Gasteiger partial charge < -0.3 is 14.9 Å². The average molecular weight is 337 g/mol. The molecule has 1 N–H and O–H groups in total. The number of hydrogen-bond acceptors (Lipinski definition) is 4. The number of hydrazine groups is 1. The molecule has 0 amide bonds. The van der Waals surface area contributed by atoms with Crippen molar-refractivity contribution in [1.82, 2.24) is 19.5 Å². The highest BCUT2D eigenvalue weighted by Crippen LogP contribution is 2.36. The molecule has 1 aromatic heterocycles. The third-order valence-corrected chi connectivity index (χ3v) is 4.89. The molecule has 0 saturated carbocycles. The lowest BCUT2D eigenvalue weighted by Gasteiger charge is -2.27. The quantitative estimate of drug-likeness (QED) is 0.815. The van der Waals surface area contributed by atoms with Gasteiger partial charge in [-0.1, -0.05) is 37.3 Å². The number of nitrogens with one attached hydrogen (secondary N) is 1. The highest BCUT2D eigenvalue weighted by atomic mass is 15.6. The Kier molecular flexibility index (Phi) is 4.25. The fourth-order valence-corrected chi connectivity index (χ4v) is 3.49. The monoisotopic (exact) mass is 337 g/mol. The van der Waals surface area contributed by atoms with Crippen LogP contribution in [-0.4, -0.2) is 38.6 Å². The molecule has 2 atom stereocenters. The zero-order chi connectivity index (χ0) is 17.4. The summed E-state index contributed by atoms with van der Waals surface area (Å²) in [5.41, 5.74) is 7.25. The molecule has 0 aliphatic carbocycles. The largest absolute Gasteiger partial charge is 0.366 e. The van der Waals surface area contributed by atoms with Crippen LogP contribution in [0.25, 0.3) is 5.70 Å². The molecular weight excluding hydrogens is 310 g/mol. The minimum absolute atomic E-state index is 0.384. The van der Waals surface area contributed by atoms with Crippen molar-refractivity contribution in [2.24, 2.45) is 0 Å². The van der Waals surface area contributed by atoms with Gasteiger partial charge in [-0.3, -0.25) is 0 Å². The van der Waals surface area contributed by atoms with E-state index in [0.717, 1.165) is 37.6 Å². The lowest BCUT2D eigenvalue weighted by Crippen LogP contribution is -2.23. The van der Waals surface area contributed by atoms with Gasteiger partial charge in [0, 0.05) is 25.7 Å². The molecular formula is C20H27N5. The predicted molar refractivity (Wildman–Crippen MR) is 102 cm³/mol. The Morgan fingerprint density at radius 1 is 1.28 bits per heavy atom. The number of benzene rings is 1. The Hall–Kier alpha value is -2.27. The van der Waals surface area contributed by atoms with Crippen LogP contribution >= 0.6 is 0 Å². The molecule has 25 heavy (non-hydrogen) atoms. The fourth-order valence-electron chi connectivity index (χ4n) is 3.49. The van der Waals surface area contributed by atoms with Crippen molar-refractivity contribution in [2.45, 2.75) is 45.8 Å². The minimum Gasteiger partial charge on any atom is -0.366 e. The van der Waals surface area contributed by atoms with Crippen molar-refractivity contribution < 1.29 is 0 Å². The molecule has 0 spiro atoms. The number of rotatable bonds is 6. The molecule has 5 nitrogen and oxygen atoms in total. The first-order valence-corrected chi connectivity index (χ1v) is 9.28. The van der Waals surface area contributed by atoms with Crippen molar-refractivity contribution in [3.8, 4) is 0 Å². The van der Waals surface area contributed by atoms with Crippen LogP contribution in [0.5, 0.6) is 0 Å². The van der Waals surface area contributed by atoms with Gasteiger partial charge in [-0.25, -0.2) is 9.99 Å². The molecule has 0 radical (unpaired) electrons. The standard InChI is InChI=1S/C20H27N5/c1-4-10-23(12-16-8-6-5-7-9-16)18-11-17-13-25(17)22-20-19(18)21-14-24(20)15(2)3/h5-9,11,14-15,17,22H,4,10,12-13H2,1-3H3. The molecule has 2 aliphatic rings. The first kappa shape index (κ1) is 16.2. The molecule has 2 aromatic rings. The third kappa shape index (κ3) is 3.16. The maximum Gasteiger partial charge on any atom is 0.150 e. The summed E-state index contributed by atoms with van der Waals surface area (Å²) in [5, 5.41) is 2.28. The molecule has 2 aliphatic heterocycles. The minimum atomic E-state index is 0.384. The molecule has 4 rings (SSSR count). The summed E-state index contributed by atoms with van der Waals surface area (Å²) >= 11 is 0. The summed E-state index contributed by atoms with van der Waals surface area (Å²) in [6.07, 6.45) is 5.47. The van der Waals surface area contributed by atoms with Gasteiger partial charge >= 0.3 is 0 Å². The molecule has 5 heteroatoms. The maximum absolute atomic E-state index is 4.78. The van der Waals surface area contributed by atoms with E-state index in [4.69, 9.17) is 4.98 Å². The van der Waals surface area contributed by atoms with E-state index in [1.165, 1.54) is 11.3 Å². The second kappa shape index (κ2) is 6.56. The highest BCUT2D eigenvalue weighted by molar-refractivity contribution is 5.73. The van der Waals surface area contributed by atoms with Crippen LogP contribution in [0, 0.1) is 0 Å². The van der Waals surface area contributed by atoms with Crippen LogP contribution in [0.2, 0.25) is 0 Å². The van der Waals surface area contributed by atoms with E-state index < -0.39 is 0 Å². The van der Waals surface area contributed by atoms with Crippen LogP contribution < -0.4 is 5.43 Å². The van der Waals surface area contributed by atoms with Crippen molar-refractivity contribution in [3.05, 3.63) is 54.0 Å². The van der Waals surface area contributed by atoms with Crippen molar-refractivity contribution in [1.29, 1.82) is 0 Å². The zero-order valence-corrected chi connectivity index (χ0v) is 15.3. The third-order valence-electron chi connectivity index (χ3n) is 4.89. The number of anilines is 1. The van der Waals surface area contributed by atoms with Gasteiger partial charge in [-0.15, -0.1) is 0 Å². The highest BCUT2D eigenvalue weighted by Gasteiger charge is 2.38. The summed E-state index contributed by atoms with van der Waals surface area (Å²) in [5.74, 6) is 1.12. The van der Waals surface area contributed by atoms with Gasteiger partial charge in [0.15, 0.2) is 5.82 Å². The average Bonchev–Trinajstić information content (AvgIpc) is 3.23. The van der Waals surface area contributed by atoms with Crippen molar-refractivity contribution >= 4 is 11.5 Å². The summed E-state index contributed by atoms with van der Waals surface area (Å²) in [6.45, 7) is 9.65. The number of hydrogen-bond donors (Lipinski definition) is 1. The first-order chi connectivity index (χ1) is 12.2. The van der Waals surface area contributed by atoms with Crippen molar-refractivity contribution in [2.75, 3.05) is 18.5 Å². The second-order valence-corrected chi connectivity index (χ2v) is 7.23. The Morgan fingerprint density at radius 2 is 2.08 bits per heavy atom. The first-order valence-electron chi connectivity index (χ1n) is 9.28. The lowest BCUT2D eigenvalue weighted by molar-refractivity contribution is 0.388. The van der Waals surface area contributed by atoms with Gasteiger partial charge in [-0.2, -0.15) is 0 Å². The Morgan fingerprint density at radius 3 is 2.80 bits per heavy atom. The van der Waals surface area contributed by atoms with Gasteiger partial charge in [0.2, 0.25) is 0 Å². The number of imidazole rings is 1. The van der Waals surface area contributed by atoms with Crippen LogP contribution in [-0.2, 0) is 6.54 Å². The van der Waals surface area contributed by atoms with Crippen LogP contribution in [0.4, 0.5) is 5.82 Å². The van der Waals surface area contributed by atoms with Crippen molar-refractivity contribution in [3.63, 3.8) is 0 Å². The molecule has 1 aromatic carbocycles. The van der Waals surface area contributed by atoms with E-state index in [-0.39, 0.29) is 0 Å². The van der Waals surface area contributed by atoms with E-state index in [2.05, 4.69) is 77.1 Å². The zero-order valence-electron chi connectivity index (χ0n) is 15.3. The number of aromatic nitrogens is 2. The Bertz CT molecular complexity index is 762. The molecule has 0 bridgehead atoms. The molecule has 2 unspecified atom stereocenters. The van der Waals surface area contributed by atoms with Gasteiger partial charge in [-0.05, 0) is 31.9 Å². The van der Waals surface area contributed by atoms with Gasteiger partial charge in [0.05, 0.1) is 18.1 Å². The summed E-state index contributed by atoms with van der Waals surface area (Å²) in [4.78, 5) is 7.26. The molecule has 3 heterocycles. The lowest BCUT2D eigenvalue weighted by atomic mass is 10.1.